The molecule has 1 N–H and O–H groups in total. The van der Waals surface area contributed by atoms with Gasteiger partial charge in [-0.3, -0.25) is 0 Å². The van der Waals surface area contributed by atoms with Crippen LogP contribution in [0.25, 0.3) is 0 Å². The summed E-state index contributed by atoms with van der Waals surface area (Å²) in [5.41, 5.74) is 5.52. The highest BCUT2D eigenvalue weighted by Gasteiger charge is 2.12. The Balaban J connectivity index is 1.73. The van der Waals surface area contributed by atoms with Crippen LogP contribution >= 0.6 is 0 Å². The molecule has 0 saturated heterocycles. The molecule has 2 nitrogen and oxygen atoms in total. The van der Waals surface area contributed by atoms with Gasteiger partial charge in [0.25, 0.3) is 0 Å². The minimum Gasteiger partial charge on any atom is -0.355 e. The van der Waals surface area contributed by atoms with Crippen LogP contribution in [0.2, 0.25) is 0 Å². The third kappa shape index (κ3) is 3.60. The number of para-hydroxylation sites is 3. The van der Waals surface area contributed by atoms with E-state index in [0.717, 1.165) is 28.4 Å². The number of hydrogen-bond donors (Lipinski definition) is 1. The summed E-state index contributed by atoms with van der Waals surface area (Å²) in [5, 5.41) is 3.48. The summed E-state index contributed by atoms with van der Waals surface area (Å²) in [6.45, 7) is 0. The fourth-order valence-electron chi connectivity index (χ4n) is 3.01. The molecule has 0 spiro atoms. The lowest BCUT2D eigenvalue weighted by atomic mass is 10.1. The lowest BCUT2D eigenvalue weighted by molar-refractivity contribution is 1.28. The molecule has 0 saturated carbocycles. The van der Waals surface area contributed by atoms with Crippen molar-refractivity contribution in [3.63, 3.8) is 0 Å². The summed E-state index contributed by atoms with van der Waals surface area (Å²) in [6, 6.07) is 39.6. The molecule has 0 fully saturated rings. The van der Waals surface area contributed by atoms with E-state index in [-0.39, 0.29) is 0 Å². The Morgan fingerprint density at radius 2 is 0.885 bits per heavy atom. The van der Waals surface area contributed by atoms with E-state index in [1.54, 1.807) is 0 Å². The van der Waals surface area contributed by atoms with E-state index in [9.17, 15) is 0 Å². The van der Waals surface area contributed by atoms with E-state index in [1.807, 2.05) is 30.3 Å². The molecule has 0 aliphatic heterocycles. The van der Waals surface area contributed by atoms with Crippen LogP contribution in [0, 0.1) is 0 Å². The van der Waals surface area contributed by atoms with E-state index in [4.69, 9.17) is 0 Å². The van der Waals surface area contributed by atoms with Crippen LogP contribution in [0.4, 0.5) is 28.4 Å². The molecule has 4 rings (SSSR count). The van der Waals surface area contributed by atoms with Gasteiger partial charge >= 0.3 is 0 Å². The van der Waals surface area contributed by atoms with Crippen molar-refractivity contribution in [2.24, 2.45) is 0 Å². The summed E-state index contributed by atoms with van der Waals surface area (Å²) in [5.74, 6) is 0. The molecule has 0 aliphatic rings. The molecule has 0 heterocycles. The summed E-state index contributed by atoms with van der Waals surface area (Å²) in [7, 11) is 0. The number of hydrogen-bond acceptors (Lipinski definition) is 2. The number of rotatable bonds is 5. The minimum absolute atomic E-state index is 1.06. The molecule has 126 valence electrons. The van der Waals surface area contributed by atoms with Gasteiger partial charge in [-0.25, -0.2) is 0 Å². The van der Waals surface area contributed by atoms with Crippen LogP contribution in [-0.2, 0) is 0 Å². The van der Waals surface area contributed by atoms with Gasteiger partial charge in [-0.05, 0) is 54.6 Å². The van der Waals surface area contributed by atoms with Gasteiger partial charge in [-0.1, -0.05) is 60.7 Å². The molecule has 0 atom stereocenters. The third-order valence-corrected chi connectivity index (χ3v) is 4.20. The second kappa shape index (κ2) is 7.58. The second-order valence-corrected chi connectivity index (χ2v) is 6.05. The summed E-state index contributed by atoms with van der Waals surface area (Å²) in [6.07, 6.45) is 0. The smallest absolute Gasteiger partial charge is 0.0482 e. The third-order valence-electron chi connectivity index (χ3n) is 4.20. The predicted octanol–water partition coefficient (Wildman–Crippen LogP) is 6.90. The van der Waals surface area contributed by atoms with Crippen molar-refractivity contribution in [2.45, 2.75) is 0 Å². The average Bonchev–Trinajstić information content (AvgIpc) is 2.71. The molecule has 0 amide bonds. The van der Waals surface area contributed by atoms with Crippen molar-refractivity contribution in [3.8, 4) is 0 Å². The van der Waals surface area contributed by atoms with E-state index in [1.165, 1.54) is 0 Å². The van der Waals surface area contributed by atoms with Crippen LogP contribution in [0.15, 0.2) is 115 Å². The Hall–Kier alpha value is -3.52. The minimum atomic E-state index is 1.06. The zero-order chi connectivity index (χ0) is 17.6. The molecule has 2 heteroatoms. The maximum absolute atomic E-state index is 3.48. The van der Waals surface area contributed by atoms with Crippen molar-refractivity contribution in [3.05, 3.63) is 115 Å². The SMILES string of the molecule is c1ccc(Nc2cccc(N(c3ccccc3)c3ccccc3)c2)cc1. The number of nitrogens with zero attached hydrogens (tertiary/aromatic N) is 1. The van der Waals surface area contributed by atoms with Crippen LogP contribution < -0.4 is 10.2 Å². The fraction of sp³-hybridized carbons (Fsp3) is 0. The molecular formula is C24H20N2. The number of benzene rings is 4. The summed E-state index contributed by atoms with van der Waals surface area (Å²) >= 11 is 0. The zero-order valence-corrected chi connectivity index (χ0v) is 14.4. The summed E-state index contributed by atoms with van der Waals surface area (Å²) in [4.78, 5) is 2.26. The molecular weight excluding hydrogens is 316 g/mol. The van der Waals surface area contributed by atoms with Gasteiger partial charge in [0, 0.05) is 28.4 Å². The second-order valence-electron chi connectivity index (χ2n) is 6.05. The first-order valence-electron chi connectivity index (χ1n) is 8.72. The van der Waals surface area contributed by atoms with Crippen LogP contribution in [0.3, 0.4) is 0 Å². The molecule has 0 radical (unpaired) electrons. The zero-order valence-electron chi connectivity index (χ0n) is 14.4. The number of nitrogens with one attached hydrogen (secondary N) is 1. The Bertz CT molecular complexity index is 911. The Labute approximate surface area is 154 Å². The standard InChI is InChI=1S/C24H20N2/c1-4-11-20(12-5-1)25-21-13-10-18-24(19-21)26(22-14-6-2-7-15-22)23-16-8-3-9-17-23/h1-19,25H. The quantitative estimate of drug-likeness (QED) is 0.426. The average molecular weight is 336 g/mol. The highest BCUT2D eigenvalue weighted by molar-refractivity contribution is 5.78. The van der Waals surface area contributed by atoms with Gasteiger partial charge in [-0.15, -0.1) is 0 Å². The fourth-order valence-corrected chi connectivity index (χ4v) is 3.01. The topological polar surface area (TPSA) is 15.3 Å². The van der Waals surface area contributed by atoms with E-state index < -0.39 is 0 Å². The van der Waals surface area contributed by atoms with E-state index in [2.05, 4.69) is 95.1 Å². The largest absolute Gasteiger partial charge is 0.355 e. The molecule has 0 aliphatic carbocycles. The number of anilines is 5. The van der Waals surface area contributed by atoms with Crippen molar-refractivity contribution in [1.82, 2.24) is 0 Å². The maximum Gasteiger partial charge on any atom is 0.0482 e. The van der Waals surface area contributed by atoms with Crippen molar-refractivity contribution in [2.75, 3.05) is 10.2 Å². The van der Waals surface area contributed by atoms with Crippen molar-refractivity contribution >= 4 is 28.4 Å². The lowest BCUT2D eigenvalue weighted by Gasteiger charge is -2.26. The van der Waals surface area contributed by atoms with Crippen molar-refractivity contribution < 1.29 is 0 Å². The monoisotopic (exact) mass is 336 g/mol. The van der Waals surface area contributed by atoms with Gasteiger partial charge < -0.3 is 10.2 Å². The maximum atomic E-state index is 3.48. The van der Waals surface area contributed by atoms with Crippen LogP contribution in [-0.4, -0.2) is 0 Å². The highest BCUT2D eigenvalue weighted by Crippen LogP contribution is 2.35. The normalized spacial score (nSPS) is 10.3. The van der Waals surface area contributed by atoms with Gasteiger partial charge in [-0.2, -0.15) is 0 Å². The molecule has 26 heavy (non-hydrogen) atoms. The van der Waals surface area contributed by atoms with Crippen molar-refractivity contribution in [1.29, 1.82) is 0 Å². The molecule has 4 aromatic rings. The molecule has 0 aromatic heterocycles. The Morgan fingerprint density at radius 1 is 0.423 bits per heavy atom. The van der Waals surface area contributed by atoms with E-state index in [0.29, 0.717) is 0 Å². The molecule has 0 bridgehead atoms. The van der Waals surface area contributed by atoms with Gasteiger partial charge in [0.2, 0.25) is 0 Å². The first kappa shape index (κ1) is 16.0. The lowest BCUT2D eigenvalue weighted by Crippen LogP contribution is -2.09. The van der Waals surface area contributed by atoms with Gasteiger partial charge in [0.05, 0.1) is 0 Å². The summed E-state index contributed by atoms with van der Waals surface area (Å²) < 4.78 is 0. The predicted molar refractivity (Wildman–Crippen MR) is 111 cm³/mol. The first-order chi connectivity index (χ1) is 12.9. The van der Waals surface area contributed by atoms with Gasteiger partial charge in [0.1, 0.15) is 0 Å². The molecule has 0 unspecified atom stereocenters. The highest BCUT2D eigenvalue weighted by atomic mass is 15.1. The Morgan fingerprint density at radius 3 is 1.46 bits per heavy atom. The van der Waals surface area contributed by atoms with Crippen LogP contribution in [0.1, 0.15) is 0 Å². The first-order valence-corrected chi connectivity index (χ1v) is 8.72. The van der Waals surface area contributed by atoms with E-state index >= 15 is 0 Å². The van der Waals surface area contributed by atoms with Crippen LogP contribution in [0.5, 0.6) is 0 Å². The van der Waals surface area contributed by atoms with Gasteiger partial charge in [0.15, 0.2) is 0 Å². The Kier molecular flexibility index (Phi) is 4.66. The molecule has 4 aromatic carbocycles.